The third kappa shape index (κ3) is 3.64. The van der Waals surface area contributed by atoms with Crippen molar-refractivity contribution in [2.24, 2.45) is 7.05 Å². The Morgan fingerprint density at radius 1 is 1.23 bits per heavy atom. The molecule has 8 heteroatoms. The molecule has 0 aliphatic carbocycles. The largest absolute Gasteiger partial charge is 0.466 e. The van der Waals surface area contributed by atoms with E-state index in [-0.39, 0.29) is 23.5 Å². The van der Waals surface area contributed by atoms with Crippen LogP contribution < -0.4 is 5.32 Å². The number of amides is 2. The van der Waals surface area contributed by atoms with Gasteiger partial charge in [0, 0.05) is 43.9 Å². The Morgan fingerprint density at radius 3 is 2.53 bits per heavy atom. The number of piperidine rings is 1. The molecular weight excluding hydrogens is 384 g/mol. The molecule has 0 atom stereocenters. The maximum atomic E-state index is 12.9. The average molecular weight is 415 g/mol. The second kappa shape index (κ2) is 7.58. The summed E-state index contributed by atoms with van der Waals surface area (Å²) in [6, 6.07) is 1.86. The van der Waals surface area contributed by atoms with Gasteiger partial charge in [0.05, 0.1) is 17.8 Å². The minimum absolute atomic E-state index is 0.0175. The van der Waals surface area contributed by atoms with Gasteiger partial charge < -0.3 is 19.4 Å². The predicted molar refractivity (Wildman–Crippen MR) is 110 cm³/mol. The van der Waals surface area contributed by atoms with E-state index in [0.29, 0.717) is 43.1 Å². The summed E-state index contributed by atoms with van der Waals surface area (Å²) in [6.07, 6.45) is 2.21. The van der Waals surface area contributed by atoms with Gasteiger partial charge in [0.2, 0.25) is 0 Å². The summed E-state index contributed by atoms with van der Waals surface area (Å²) in [5.74, 6) is 1.27. The van der Waals surface area contributed by atoms with Gasteiger partial charge in [-0.25, -0.2) is 0 Å². The van der Waals surface area contributed by atoms with Gasteiger partial charge in [-0.2, -0.15) is 5.10 Å². The molecule has 1 N–H and O–H groups in total. The Kier molecular flexibility index (Phi) is 5.22. The van der Waals surface area contributed by atoms with Crippen LogP contribution in [0.1, 0.15) is 70.3 Å². The second-order valence-electron chi connectivity index (χ2n) is 8.79. The van der Waals surface area contributed by atoms with Crippen molar-refractivity contribution in [2.45, 2.75) is 65.2 Å². The van der Waals surface area contributed by atoms with E-state index in [2.05, 4.69) is 10.4 Å². The van der Waals surface area contributed by atoms with E-state index in [9.17, 15) is 9.59 Å². The molecule has 4 heterocycles. The van der Waals surface area contributed by atoms with Crippen molar-refractivity contribution in [3.05, 3.63) is 40.1 Å². The summed E-state index contributed by atoms with van der Waals surface area (Å²) >= 11 is 0. The third-order valence-corrected chi connectivity index (χ3v) is 6.16. The molecule has 2 amide bonds. The number of fused-ring (bicyclic) bond motifs is 1. The molecule has 0 aromatic carbocycles. The standard InChI is InChI=1S/C22H30N4O4/c1-13(2)23-20(27)19-17-12-29-22(11-18(17)25(5)24-19)6-8-26(9-7-22)21(28)16-10-14(3)30-15(16)4/h10,13H,6-9,11-12H2,1-5H3,(H,23,27). The topological polar surface area (TPSA) is 89.6 Å². The SMILES string of the molecule is Cc1cc(C(=O)N2CCC3(CC2)Cc2c(c(C(=O)NC(C)C)nn2C)CO3)c(C)o1. The lowest BCUT2D eigenvalue weighted by Crippen LogP contribution is -2.50. The number of nitrogens with zero attached hydrogens (tertiary/aromatic N) is 3. The molecule has 2 aromatic heterocycles. The van der Waals surface area contributed by atoms with E-state index in [1.165, 1.54) is 0 Å². The van der Waals surface area contributed by atoms with Gasteiger partial charge in [0.15, 0.2) is 5.69 Å². The third-order valence-electron chi connectivity index (χ3n) is 6.16. The van der Waals surface area contributed by atoms with Crippen molar-refractivity contribution < 1.29 is 18.7 Å². The Morgan fingerprint density at radius 2 is 1.93 bits per heavy atom. The Labute approximate surface area is 176 Å². The summed E-state index contributed by atoms with van der Waals surface area (Å²) in [6.45, 7) is 9.18. The zero-order valence-corrected chi connectivity index (χ0v) is 18.4. The van der Waals surface area contributed by atoms with Gasteiger partial charge in [0.1, 0.15) is 11.5 Å². The molecule has 162 valence electrons. The fourth-order valence-electron chi connectivity index (χ4n) is 4.52. The normalized spacial score (nSPS) is 18.0. The molecule has 2 aliphatic rings. The summed E-state index contributed by atoms with van der Waals surface area (Å²) in [5.41, 5.74) is 2.71. The van der Waals surface area contributed by atoms with Crippen LogP contribution in [0.25, 0.3) is 0 Å². The van der Waals surface area contributed by atoms with Gasteiger partial charge in [0.25, 0.3) is 11.8 Å². The zero-order valence-electron chi connectivity index (χ0n) is 18.4. The van der Waals surface area contributed by atoms with Gasteiger partial charge in [-0.15, -0.1) is 0 Å². The van der Waals surface area contributed by atoms with Crippen LogP contribution in [0, 0.1) is 13.8 Å². The van der Waals surface area contributed by atoms with E-state index >= 15 is 0 Å². The van der Waals surface area contributed by atoms with E-state index in [1.807, 2.05) is 50.4 Å². The first-order valence-corrected chi connectivity index (χ1v) is 10.5. The number of nitrogens with one attached hydrogen (secondary N) is 1. The summed E-state index contributed by atoms with van der Waals surface area (Å²) in [4.78, 5) is 27.3. The van der Waals surface area contributed by atoms with Crippen molar-refractivity contribution in [3.63, 3.8) is 0 Å². The van der Waals surface area contributed by atoms with E-state index in [0.717, 1.165) is 29.9 Å². The Hall–Kier alpha value is -2.61. The van der Waals surface area contributed by atoms with E-state index in [4.69, 9.17) is 9.15 Å². The number of hydrogen-bond acceptors (Lipinski definition) is 5. The first-order chi connectivity index (χ1) is 14.2. The molecule has 0 unspecified atom stereocenters. The van der Waals surface area contributed by atoms with Gasteiger partial charge >= 0.3 is 0 Å². The summed E-state index contributed by atoms with van der Waals surface area (Å²) < 4.78 is 13.6. The van der Waals surface area contributed by atoms with Crippen molar-refractivity contribution in [3.8, 4) is 0 Å². The highest BCUT2D eigenvalue weighted by Crippen LogP contribution is 2.37. The first-order valence-electron chi connectivity index (χ1n) is 10.5. The van der Waals surface area contributed by atoms with E-state index in [1.54, 1.807) is 0 Å². The highest BCUT2D eigenvalue weighted by Gasteiger charge is 2.42. The van der Waals surface area contributed by atoms with Gasteiger partial charge in [-0.1, -0.05) is 0 Å². The second-order valence-corrected chi connectivity index (χ2v) is 8.79. The fraction of sp³-hybridized carbons (Fsp3) is 0.591. The molecule has 30 heavy (non-hydrogen) atoms. The number of carbonyl (C=O) groups excluding carboxylic acids is 2. The summed E-state index contributed by atoms with van der Waals surface area (Å²) in [5, 5.41) is 7.38. The number of rotatable bonds is 3. The molecule has 1 saturated heterocycles. The quantitative estimate of drug-likeness (QED) is 0.834. The van der Waals surface area contributed by atoms with Crippen molar-refractivity contribution in [1.29, 1.82) is 0 Å². The maximum Gasteiger partial charge on any atom is 0.272 e. The number of hydrogen-bond donors (Lipinski definition) is 1. The summed E-state index contributed by atoms with van der Waals surface area (Å²) in [7, 11) is 1.88. The smallest absolute Gasteiger partial charge is 0.272 e. The molecule has 2 aliphatic heterocycles. The molecule has 0 bridgehead atoms. The lowest BCUT2D eigenvalue weighted by molar-refractivity contribution is -0.0990. The van der Waals surface area contributed by atoms with Crippen LogP contribution in [0.5, 0.6) is 0 Å². The average Bonchev–Trinajstić information content (AvgIpc) is 3.20. The maximum absolute atomic E-state index is 12.9. The van der Waals surface area contributed by atoms with Crippen molar-refractivity contribution >= 4 is 11.8 Å². The molecule has 1 fully saturated rings. The van der Waals surface area contributed by atoms with E-state index < -0.39 is 0 Å². The lowest BCUT2D eigenvalue weighted by atomic mass is 9.83. The minimum atomic E-state index is -0.315. The molecule has 8 nitrogen and oxygen atoms in total. The van der Waals surface area contributed by atoms with Crippen LogP contribution >= 0.6 is 0 Å². The number of carbonyl (C=O) groups is 2. The van der Waals surface area contributed by atoms with Crippen LogP contribution in [0.2, 0.25) is 0 Å². The van der Waals surface area contributed by atoms with Crippen LogP contribution in [0.4, 0.5) is 0 Å². The van der Waals surface area contributed by atoms with Gasteiger partial charge in [-0.3, -0.25) is 14.3 Å². The lowest BCUT2D eigenvalue weighted by Gasteiger charge is -2.43. The Balaban J connectivity index is 1.47. The monoisotopic (exact) mass is 414 g/mol. The number of ether oxygens (including phenoxy) is 1. The molecular formula is C22H30N4O4. The van der Waals surface area contributed by atoms with Crippen molar-refractivity contribution in [2.75, 3.05) is 13.1 Å². The van der Waals surface area contributed by atoms with Crippen LogP contribution in [-0.2, 0) is 24.8 Å². The number of aromatic nitrogens is 2. The van der Waals surface area contributed by atoms with Gasteiger partial charge in [-0.05, 0) is 46.6 Å². The molecule has 1 spiro atoms. The first kappa shape index (κ1) is 20.7. The van der Waals surface area contributed by atoms with Crippen molar-refractivity contribution in [1.82, 2.24) is 20.0 Å². The Bertz CT molecular complexity index is 980. The molecule has 0 radical (unpaired) electrons. The minimum Gasteiger partial charge on any atom is -0.466 e. The number of likely N-dealkylation sites (tertiary alicyclic amines) is 1. The van der Waals surface area contributed by atoms with Crippen LogP contribution in [0.3, 0.4) is 0 Å². The molecule has 0 saturated carbocycles. The highest BCUT2D eigenvalue weighted by molar-refractivity contribution is 5.95. The fourth-order valence-corrected chi connectivity index (χ4v) is 4.52. The predicted octanol–water partition coefficient (Wildman–Crippen LogP) is 2.52. The number of furan rings is 1. The molecule has 4 rings (SSSR count). The number of aryl methyl sites for hydroxylation is 3. The highest BCUT2D eigenvalue weighted by atomic mass is 16.5. The molecule has 2 aromatic rings. The van der Waals surface area contributed by atoms with Crippen LogP contribution in [0.15, 0.2) is 10.5 Å². The zero-order chi connectivity index (χ0) is 21.6. The van der Waals surface area contributed by atoms with Crippen LogP contribution in [-0.4, -0.2) is 51.2 Å².